The molecule has 7 N–H and O–H groups in total. The van der Waals surface area contributed by atoms with Crippen LogP contribution in [0.15, 0.2) is 0 Å². The normalized spacial score (nSPS) is 12.2. The molecule has 0 aliphatic carbocycles. The number of hydrogen-bond acceptors (Lipinski definition) is 13. The van der Waals surface area contributed by atoms with Gasteiger partial charge in [0.15, 0.2) is 5.78 Å². The van der Waals surface area contributed by atoms with Gasteiger partial charge in [0.25, 0.3) is 0 Å². The number of unbranched alkanes of at least 4 members (excludes halogenated alkanes) is 13. The van der Waals surface area contributed by atoms with E-state index in [1.54, 1.807) is 11.8 Å². The average molecular weight is 990 g/mol. The van der Waals surface area contributed by atoms with Gasteiger partial charge in [0, 0.05) is 38.8 Å². The Kier molecular flexibility index (Phi) is 41.5. The van der Waals surface area contributed by atoms with Gasteiger partial charge in [-0.25, -0.2) is 4.79 Å². The Balaban J connectivity index is 3.65. The Hall–Kier alpha value is -2.43. The summed E-state index contributed by atoms with van der Waals surface area (Å²) in [5, 5.41) is 26.1. The quantitative estimate of drug-likeness (QED) is 0.0160. The van der Waals surface area contributed by atoms with Gasteiger partial charge in [-0.3, -0.25) is 19.2 Å². The average Bonchev–Trinajstić information content (AvgIpc) is 3.22. The van der Waals surface area contributed by atoms with E-state index in [1.807, 2.05) is 0 Å². The van der Waals surface area contributed by atoms with Crippen molar-refractivity contribution in [2.24, 2.45) is 3.95 Å². The van der Waals surface area contributed by atoms with Gasteiger partial charge in [0.2, 0.25) is 11.8 Å². The van der Waals surface area contributed by atoms with Gasteiger partial charge >= 0.3 is 127 Å². The van der Waals surface area contributed by atoms with Crippen molar-refractivity contribution in [3.8, 4) is 0 Å². The minimum absolute atomic E-state index is 0.0208. The van der Waals surface area contributed by atoms with Crippen molar-refractivity contribution in [3.05, 3.63) is 0 Å². The number of amides is 3. The molecular weight excluding hydrogens is 915 g/mol. The number of alkyl halides is 1. The summed E-state index contributed by atoms with van der Waals surface area (Å²) in [6, 6.07) is -1.14. The fourth-order valence-corrected chi connectivity index (χ4v) is 8.03. The first-order valence-corrected chi connectivity index (χ1v) is 25.2. The molecule has 0 spiro atoms. The first kappa shape index (κ1) is 57.6. The van der Waals surface area contributed by atoms with Crippen molar-refractivity contribution in [3.63, 3.8) is 0 Å². The van der Waals surface area contributed by atoms with E-state index in [0.29, 0.717) is 50.5 Å². The van der Waals surface area contributed by atoms with Gasteiger partial charge in [-0.05, 0) is 25.7 Å². The number of rotatable bonds is 46. The third-order valence-corrected chi connectivity index (χ3v) is 12.4. The standard InChI is InChI=1S/C41H74IN4O13S/c43-42-34(30-47)33-60-29-22-45-39(51)32-59-28-25-56-23-15-16-35(48)31-58-27-26-57-24-21-44-37(49)20-19-36(41(54)55)46-38(50)17-13-11-9-7-5-3-1-2-4-6-8-10-12-14-18-40(52)53/h30,34,36H,1-29,31-33,43H2,(H,44,49)(H,45,51)(H,46,50)(H,52,53)(H,54,55)/q-1/t34-,36+/m1/s1. The number of ether oxygens (including phenoxy) is 4. The van der Waals surface area contributed by atoms with Crippen LogP contribution in [0.1, 0.15) is 128 Å². The molecule has 0 bridgehead atoms. The van der Waals surface area contributed by atoms with Crippen LogP contribution in [0.5, 0.6) is 0 Å². The summed E-state index contributed by atoms with van der Waals surface area (Å²) in [6.07, 6.45) is 17.2. The molecule has 3 amide bonds. The van der Waals surface area contributed by atoms with Crippen molar-refractivity contribution < 1.29 is 84.2 Å². The van der Waals surface area contributed by atoms with Crippen molar-refractivity contribution in [2.45, 2.75) is 138 Å². The first-order chi connectivity index (χ1) is 29.1. The molecule has 0 aromatic heterocycles. The van der Waals surface area contributed by atoms with Crippen LogP contribution < -0.4 is 41.4 Å². The molecule has 17 nitrogen and oxygen atoms in total. The van der Waals surface area contributed by atoms with Crippen LogP contribution >= 0.6 is 11.8 Å². The Morgan fingerprint density at radius 3 is 1.68 bits per heavy atom. The molecule has 2 atom stereocenters. The molecule has 0 unspecified atom stereocenters. The molecule has 60 heavy (non-hydrogen) atoms. The maximum atomic E-state index is 12.3. The SMILES string of the molecule is N[I-][C@H](C=O)CSCCNC(=O)COCCOCCCC(=O)COCCOCCNC(=O)CC[C@H](NC(=O)CCCCCCCCCCCCCCCCC(=O)O)C(=O)O. The molecule has 0 heterocycles. The third kappa shape index (κ3) is 40.9. The van der Waals surface area contributed by atoms with Crippen LogP contribution in [0.25, 0.3) is 0 Å². The van der Waals surface area contributed by atoms with Crippen molar-refractivity contribution >= 4 is 53.5 Å². The summed E-state index contributed by atoms with van der Waals surface area (Å²) in [5.74, 6) is -1.48. The molecule has 0 radical (unpaired) electrons. The number of nitrogens with two attached hydrogens (primary N) is 1. The number of ketones is 1. The van der Waals surface area contributed by atoms with E-state index < -0.39 is 39.5 Å². The second kappa shape index (κ2) is 43.2. The van der Waals surface area contributed by atoms with E-state index in [0.717, 1.165) is 44.8 Å². The number of carbonyl (C=O) groups excluding carboxylic acids is 5. The zero-order valence-electron chi connectivity index (χ0n) is 35.6. The first-order valence-electron chi connectivity index (χ1n) is 21.5. The van der Waals surface area contributed by atoms with E-state index in [9.17, 15) is 38.7 Å². The van der Waals surface area contributed by atoms with Gasteiger partial charge in [0.05, 0.1) is 19.8 Å². The van der Waals surface area contributed by atoms with Gasteiger partial charge in [-0.2, -0.15) is 0 Å². The molecule has 350 valence electrons. The predicted octanol–water partition coefficient (Wildman–Crippen LogP) is 0.574. The fraction of sp³-hybridized carbons (Fsp3) is 0.829. The van der Waals surface area contributed by atoms with E-state index in [2.05, 4.69) is 16.0 Å². The third-order valence-electron chi connectivity index (χ3n) is 9.05. The van der Waals surface area contributed by atoms with Crippen LogP contribution in [0.4, 0.5) is 0 Å². The van der Waals surface area contributed by atoms with Crippen LogP contribution in [0, 0.1) is 0 Å². The number of carbonyl (C=O) groups is 7. The number of thioether (sulfide) groups is 1. The van der Waals surface area contributed by atoms with Crippen molar-refractivity contribution in [1.82, 2.24) is 16.0 Å². The van der Waals surface area contributed by atoms with Crippen molar-refractivity contribution in [2.75, 3.05) is 77.5 Å². The second-order valence-corrected chi connectivity index (χ2v) is 17.8. The number of nitrogens with one attached hydrogen (secondary N) is 3. The van der Waals surface area contributed by atoms with Crippen LogP contribution in [0.3, 0.4) is 0 Å². The summed E-state index contributed by atoms with van der Waals surface area (Å²) >= 11 is 0.984. The number of halogens is 1. The molecule has 0 aliphatic rings. The predicted molar refractivity (Wildman–Crippen MR) is 225 cm³/mol. The van der Waals surface area contributed by atoms with E-state index >= 15 is 0 Å². The van der Waals surface area contributed by atoms with Gasteiger partial charge in [-0.1, -0.05) is 77.0 Å². The zero-order chi connectivity index (χ0) is 44.3. The fourth-order valence-electron chi connectivity index (χ4n) is 5.68. The second-order valence-electron chi connectivity index (χ2n) is 14.4. The molecule has 0 aromatic rings. The monoisotopic (exact) mass is 989 g/mol. The zero-order valence-corrected chi connectivity index (χ0v) is 38.6. The molecule has 0 fully saturated rings. The molecule has 0 aromatic carbocycles. The minimum Gasteiger partial charge on any atom is -0.481 e. The number of aldehydes is 1. The Bertz CT molecular complexity index is 1160. The summed E-state index contributed by atoms with van der Waals surface area (Å²) in [6.45, 7) is 2.17. The van der Waals surface area contributed by atoms with Crippen molar-refractivity contribution in [1.29, 1.82) is 0 Å². The number of aliphatic carboxylic acids is 2. The molecule has 19 heteroatoms. The van der Waals surface area contributed by atoms with E-state index in [4.69, 9.17) is 28.0 Å². The summed E-state index contributed by atoms with van der Waals surface area (Å²) in [7, 11) is 0. The number of hydrogen-bond donors (Lipinski definition) is 6. The summed E-state index contributed by atoms with van der Waals surface area (Å²) in [4.78, 5) is 81.2. The molecular formula is C41H74IN4O13S-. The molecule has 0 rings (SSSR count). The number of carboxylic acids is 2. The van der Waals surface area contributed by atoms with Crippen LogP contribution in [0.2, 0.25) is 0 Å². The maximum absolute atomic E-state index is 12.3. The topological polar surface area (TPSA) is 259 Å². The van der Waals surface area contributed by atoms with E-state index in [-0.39, 0.29) is 99.3 Å². The van der Waals surface area contributed by atoms with Crippen LogP contribution in [-0.2, 0) is 52.5 Å². The Labute approximate surface area is 371 Å². The van der Waals surface area contributed by atoms with Gasteiger partial charge < -0.3 is 30.3 Å². The number of Topliss-reactive ketones (excluding diaryl/α,β-unsaturated/α-hetero) is 1. The van der Waals surface area contributed by atoms with Crippen LogP contribution in [-0.4, -0.2) is 139 Å². The molecule has 0 aliphatic heterocycles. The number of carboxylic acid groups (broad SMARTS) is 2. The smallest absolute Gasteiger partial charge is 0.481 e. The molecule has 0 saturated carbocycles. The Morgan fingerprint density at radius 2 is 1.12 bits per heavy atom. The van der Waals surface area contributed by atoms with Gasteiger partial charge in [0.1, 0.15) is 12.6 Å². The summed E-state index contributed by atoms with van der Waals surface area (Å²) in [5.41, 5.74) is 0. The summed E-state index contributed by atoms with van der Waals surface area (Å²) < 4.78 is 27.0. The van der Waals surface area contributed by atoms with Gasteiger partial charge in [-0.15, -0.1) is 0 Å². The minimum atomic E-state index is -1.18. The van der Waals surface area contributed by atoms with E-state index in [1.165, 1.54) is 44.9 Å². The Morgan fingerprint density at radius 1 is 0.583 bits per heavy atom. The molecule has 0 saturated heterocycles.